The van der Waals surface area contributed by atoms with E-state index in [0.29, 0.717) is 19.4 Å². The van der Waals surface area contributed by atoms with Gasteiger partial charge in [-0.25, -0.2) is 0 Å². The number of likely N-dealkylation sites (N-methyl/N-ethyl adjacent to an activating group) is 1. The molecule has 0 radical (unpaired) electrons. The molecule has 2 heterocycles. The highest BCUT2D eigenvalue weighted by atomic mass is 16.2. The van der Waals surface area contributed by atoms with Crippen molar-refractivity contribution in [3.63, 3.8) is 0 Å². The Kier molecular flexibility index (Phi) is 5.43. The number of carbonyl (C=O) groups excluding carboxylic acids is 2. The second-order valence-electron chi connectivity index (χ2n) is 6.34. The van der Waals surface area contributed by atoms with Gasteiger partial charge in [0.15, 0.2) is 0 Å². The molecule has 5 nitrogen and oxygen atoms in total. The van der Waals surface area contributed by atoms with Gasteiger partial charge < -0.3 is 9.80 Å². The molecule has 0 spiro atoms. The Morgan fingerprint density at radius 1 is 1.20 bits per heavy atom. The summed E-state index contributed by atoms with van der Waals surface area (Å²) >= 11 is 0. The van der Waals surface area contributed by atoms with E-state index < -0.39 is 0 Å². The number of rotatable bonds is 5. The van der Waals surface area contributed by atoms with Gasteiger partial charge in [0.25, 0.3) is 0 Å². The third kappa shape index (κ3) is 4.05. The second-order valence-corrected chi connectivity index (χ2v) is 6.34. The molecule has 1 aliphatic heterocycles. The molecule has 5 heteroatoms. The van der Waals surface area contributed by atoms with Crippen molar-refractivity contribution >= 4 is 17.5 Å². The predicted molar refractivity (Wildman–Crippen MR) is 97.1 cm³/mol. The molecule has 3 rings (SSSR count). The molecule has 1 aliphatic rings. The SMILES string of the molecule is CN(C(=O)CCc1ccncc1)[C@@H]1CCCN(c2ccccc2)C1=O. The van der Waals surface area contributed by atoms with Crippen LogP contribution >= 0.6 is 0 Å². The molecule has 0 saturated carbocycles. The lowest BCUT2D eigenvalue weighted by Crippen LogP contribution is -2.53. The predicted octanol–water partition coefficient (Wildman–Crippen LogP) is 2.67. The van der Waals surface area contributed by atoms with Crippen molar-refractivity contribution in [1.29, 1.82) is 0 Å². The maximum Gasteiger partial charge on any atom is 0.249 e. The van der Waals surface area contributed by atoms with Crippen LogP contribution < -0.4 is 4.90 Å². The first-order valence-corrected chi connectivity index (χ1v) is 8.68. The fourth-order valence-electron chi connectivity index (χ4n) is 3.23. The van der Waals surface area contributed by atoms with Crippen LogP contribution in [0.2, 0.25) is 0 Å². The highest BCUT2D eigenvalue weighted by Crippen LogP contribution is 2.23. The minimum atomic E-state index is -0.376. The molecule has 1 aromatic carbocycles. The molecule has 1 fully saturated rings. The number of benzene rings is 1. The Hall–Kier alpha value is -2.69. The van der Waals surface area contributed by atoms with E-state index in [1.165, 1.54) is 0 Å². The van der Waals surface area contributed by atoms with Crippen LogP contribution in [0.5, 0.6) is 0 Å². The second kappa shape index (κ2) is 7.92. The number of carbonyl (C=O) groups is 2. The molecule has 2 aromatic rings. The zero-order valence-electron chi connectivity index (χ0n) is 14.5. The number of aryl methyl sites for hydroxylation is 1. The van der Waals surface area contributed by atoms with Gasteiger partial charge in [-0.3, -0.25) is 14.6 Å². The van der Waals surface area contributed by atoms with Crippen molar-refractivity contribution in [2.45, 2.75) is 31.7 Å². The molecule has 2 amide bonds. The zero-order chi connectivity index (χ0) is 17.6. The highest BCUT2D eigenvalue weighted by molar-refractivity contribution is 5.99. The first-order valence-electron chi connectivity index (χ1n) is 8.68. The van der Waals surface area contributed by atoms with Gasteiger partial charge in [0.2, 0.25) is 11.8 Å². The van der Waals surface area contributed by atoms with Crippen LogP contribution in [0.15, 0.2) is 54.9 Å². The van der Waals surface area contributed by atoms with Crippen LogP contribution in [-0.2, 0) is 16.0 Å². The topological polar surface area (TPSA) is 53.5 Å². The number of nitrogens with zero attached hydrogens (tertiary/aromatic N) is 3. The average molecular weight is 337 g/mol. The van der Waals surface area contributed by atoms with E-state index in [2.05, 4.69) is 4.98 Å². The fourth-order valence-corrected chi connectivity index (χ4v) is 3.23. The van der Waals surface area contributed by atoms with Crippen LogP contribution in [0.25, 0.3) is 0 Å². The van der Waals surface area contributed by atoms with E-state index in [1.807, 2.05) is 42.5 Å². The number of amides is 2. The lowest BCUT2D eigenvalue weighted by Gasteiger charge is -2.37. The van der Waals surface area contributed by atoms with Crippen molar-refractivity contribution < 1.29 is 9.59 Å². The monoisotopic (exact) mass is 337 g/mol. The third-order valence-electron chi connectivity index (χ3n) is 4.72. The molecule has 0 unspecified atom stereocenters. The Bertz CT molecular complexity index is 718. The van der Waals surface area contributed by atoms with Gasteiger partial charge in [-0.05, 0) is 49.1 Å². The summed E-state index contributed by atoms with van der Waals surface area (Å²) in [5.74, 6) is 0.0160. The summed E-state index contributed by atoms with van der Waals surface area (Å²) in [4.78, 5) is 32.8. The number of piperidine rings is 1. The Morgan fingerprint density at radius 3 is 2.64 bits per heavy atom. The Balaban J connectivity index is 1.63. The zero-order valence-corrected chi connectivity index (χ0v) is 14.5. The van der Waals surface area contributed by atoms with Crippen LogP contribution in [0, 0.1) is 0 Å². The Morgan fingerprint density at radius 2 is 1.92 bits per heavy atom. The first kappa shape index (κ1) is 17.1. The average Bonchev–Trinajstić information content (AvgIpc) is 2.67. The van der Waals surface area contributed by atoms with Gasteiger partial charge in [0.1, 0.15) is 6.04 Å². The largest absolute Gasteiger partial charge is 0.334 e. The van der Waals surface area contributed by atoms with Gasteiger partial charge in [-0.1, -0.05) is 18.2 Å². The minimum Gasteiger partial charge on any atom is -0.334 e. The number of hydrogen-bond donors (Lipinski definition) is 0. The maximum atomic E-state index is 12.9. The molecule has 0 N–H and O–H groups in total. The summed E-state index contributed by atoms with van der Waals surface area (Å²) in [6.07, 6.45) is 6.13. The van der Waals surface area contributed by atoms with E-state index in [9.17, 15) is 9.59 Å². The fraction of sp³-hybridized carbons (Fsp3) is 0.350. The number of hydrogen-bond acceptors (Lipinski definition) is 3. The molecule has 0 bridgehead atoms. The molecule has 1 saturated heterocycles. The van der Waals surface area contributed by atoms with E-state index in [4.69, 9.17) is 0 Å². The summed E-state index contributed by atoms with van der Waals surface area (Å²) in [5.41, 5.74) is 1.98. The number of aromatic nitrogens is 1. The summed E-state index contributed by atoms with van der Waals surface area (Å²) in [7, 11) is 1.74. The lowest BCUT2D eigenvalue weighted by molar-refractivity contribution is -0.138. The molecule has 1 atom stereocenters. The number of anilines is 1. The molecule has 1 aromatic heterocycles. The van der Waals surface area contributed by atoms with Gasteiger partial charge in [0, 0.05) is 38.1 Å². The van der Waals surface area contributed by atoms with E-state index >= 15 is 0 Å². The lowest BCUT2D eigenvalue weighted by atomic mass is 10.0. The summed E-state index contributed by atoms with van der Waals surface area (Å²) < 4.78 is 0. The quantitative estimate of drug-likeness (QED) is 0.843. The van der Waals surface area contributed by atoms with Crippen LogP contribution in [-0.4, -0.2) is 41.3 Å². The molecular formula is C20H23N3O2. The van der Waals surface area contributed by atoms with E-state index in [0.717, 1.165) is 24.1 Å². The van der Waals surface area contributed by atoms with E-state index in [-0.39, 0.29) is 17.9 Å². The maximum absolute atomic E-state index is 12.9. The molecular weight excluding hydrogens is 314 g/mol. The molecule has 0 aliphatic carbocycles. The van der Waals surface area contributed by atoms with Gasteiger partial charge in [-0.2, -0.15) is 0 Å². The van der Waals surface area contributed by atoms with Crippen molar-refractivity contribution in [3.05, 3.63) is 60.4 Å². The third-order valence-corrected chi connectivity index (χ3v) is 4.72. The normalized spacial score (nSPS) is 17.4. The highest BCUT2D eigenvalue weighted by Gasteiger charge is 2.34. The summed E-state index contributed by atoms with van der Waals surface area (Å²) in [5, 5.41) is 0. The minimum absolute atomic E-state index is 0.00470. The van der Waals surface area contributed by atoms with Crippen molar-refractivity contribution in [2.75, 3.05) is 18.5 Å². The van der Waals surface area contributed by atoms with Gasteiger partial charge >= 0.3 is 0 Å². The smallest absolute Gasteiger partial charge is 0.249 e. The summed E-state index contributed by atoms with van der Waals surface area (Å²) in [6.45, 7) is 0.707. The van der Waals surface area contributed by atoms with E-state index in [1.54, 1.807) is 29.2 Å². The van der Waals surface area contributed by atoms with Gasteiger partial charge in [0.05, 0.1) is 0 Å². The van der Waals surface area contributed by atoms with Crippen molar-refractivity contribution in [3.8, 4) is 0 Å². The first-order chi connectivity index (χ1) is 12.2. The van der Waals surface area contributed by atoms with Crippen LogP contribution in [0.1, 0.15) is 24.8 Å². The van der Waals surface area contributed by atoms with Crippen LogP contribution in [0.3, 0.4) is 0 Å². The summed E-state index contributed by atoms with van der Waals surface area (Å²) in [6, 6.07) is 13.1. The molecule has 25 heavy (non-hydrogen) atoms. The number of para-hydroxylation sites is 1. The van der Waals surface area contributed by atoms with Crippen LogP contribution in [0.4, 0.5) is 5.69 Å². The standard InChI is InChI=1S/C20H23N3O2/c1-22(19(24)10-9-16-11-13-21-14-12-16)18-8-5-15-23(20(18)25)17-6-3-2-4-7-17/h2-4,6-7,11-14,18H,5,8-10,15H2,1H3/t18-/m1/s1. The Labute approximate surface area is 148 Å². The van der Waals surface area contributed by atoms with Crippen molar-refractivity contribution in [1.82, 2.24) is 9.88 Å². The van der Waals surface area contributed by atoms with Gasteiger partial charge in [-0.15, -0.1) is 0 Å². The molecule has 130 valence electrons. The van der Waals surface area contributed by atoms with Crippen molar-refractivity contribution in [2.24, 2.45) is 0 Å². The number of pyridine rings is 1.